The lowest BCUT2D eigenvalue weighted by Gasteiger charge is -2.37. The second kappa shape index (κ2) is 8.34. The van der Waals surface area contributed by atoms with Crippen molar-refractivity contribution in [2.45, 2.75) is 6.18 Å². The highest BCUT2D eigenvalue weighted by atomic mass is 35.5. The molecule has 0 bridgehead atoms. The maximum absolute atomic E-state index is 12.8. The van der Waals surface area contributed by atoms with E-state index in [1.54, 1.807) is 11.0 Å². The molecular weight excluding hydrogens is 427 g/mol. The van der Waals surface area contributed by atoms with Gasteiger partial charge in [0.05, 0.1) is 15.5 Å². The van der Waals surface area contributed by atoms with Gasteiger partial charge in [0, 0.05) is 51.2 Å². The molecule has 1 aromatic heterocycles. The zero-order valence-electron chi connectivity index (χ0n) is 15.7. The fraction of sp³-hybridized carbons (Fsp3) is 0.333. The van der Waals surface area contributed by atoms with E-state index in [4.69, 9.17) is 11.6 Å². The number of nitrogens with one attached hydrogen (secondary N) is 1. The first-order chi connectivity index (χ1) is 14.1. The summed E-state index contributed by atoms with van der Waals surface area (Å²) >= 11 is 6.01. The Kier molecular flexibility index (Phi) is 6.01. The molecule has 0 atom stereocenters. The van der Waals surface area contributed by atoms with Crippen LogP contribution in [0.3, 0.4) is 0 Å². The normalized spacial score (nSPS) is 14.6. The second-order valence-electron chi connectivity index (χ2n) is 6.54. The van der Waals surface area contributed by atoms with Crippen LogP contribution in [-0.2, 0) is 6.18 Å². The average molecular weight is 444 g/mol. The molecule has 160 valence electrons. The zero-order valence-corrected chi connectivity index (χ0v) is 16.5. The number of rotatable bonds is 4. The smallest absolute Gasteiger partial charge is 0.368 e. The summed E-state index contributed by atoms with van der Waals surface area (Å²) in [5, 5.41) is 13.5. The molecule has 2 aromatic rings. The summed E-state index contributed by atoms with van der Waals surface area (Å²) < 4.78 is 38.4. The van der Waals surface area contributed by atoms with Gasteiger partial charge in [-0.3, -0.25) is 14.9 Å². The van der Waals surface area contributed by atoms with Crippen LogP contribution in [0.2, 0.25) is 5.02 Å². The van der Waals surface area contributed by atoms with E-state index >= 15 is 0 Å². The monoisotopic (exact) mass is 443 g/mol. The van der Waals surface area contributed by atoms with E-state index in [0.717, 1.165) is 12.3 Å². The molecule has 0 aliphatic carbocycles. The van der Waals surface area contributed by atoms with Crippen LogP contribution in [0.5, 0.6) is 0 Å². The van der Waals surface area contributed by atoms with Gasteiger partial charge in [-0.15, -0.1) is 0 Å². The molecule has 1 aliphatic rings. The summed E-state index contributed by atoms with van der Waals surface area (Å²) in [5.74, 6) is -0.304. The fourth-order valence-electron chi connectivity index (χ4n) is 3.19. The first-order valence-corrected chi connectivity index (χ1v) is 9.22. The van der Waals surface area contributed by atoms with E-state index in [-0.39, 0.29) is 22.1 Å². The van der Waals surface area contributed by atoms with Crippen LogP contribution in [0.4, 0.5) is 30.4 Å². The molecular formula is C18H17ClF3N5O3. The Labute approximate surface area is 174 Å². The van der Waals surface area contributed by atoms with Crippen LogP contribution in [0, 0.1) is 10.1 Å². The topological polar surface area (TPSA) is 91.6 Å². The highest BCUT2D eigenvalue weighted by Gasteiger charge is 2.32. The second-order valence-corrected chi connectivity index (χ2v) is 6.95. The lowest BCUT2D eigenvalue weighted by molar-refractivity contribution is -0.385. The standard InChI is InChI=1S/C18H17ClF3N5O3/c1-23-17(28)13-9-12(2-3-15(13)27(29)30)25-4-6-26(7-5-25)16-14(19)8-11(10-24-16)18(20,21)22/h2-3,8-10H,4-7H2,1H3,(H,23,28). The number of nitro groups is 1. The Morgan fingerprint density at radius 3 is 2.37 bits per heavy atom. The minimum absolute atomic E-state index is 0.0464. The van der Waals surface area contributed by atoms with Crippen molar-refractivity contribution in [3.05, 3.63) is 56.7 Å². The van der Waals surface area contributed by atoms with Crippen molar-refractivity contribution in [2.24, 2.45) is 0 Å². The molecule has 1 aromatic carbocycles. The number of carbonyl (C=O) groups is 1. The minimum atomic E-state index is -4.52. The highest BCUT2D eigenvalue weighted by Crippen LogP contribution is 2.34. The largest absolute Gasteiger partial charge is 0.417 e. The van der Waals surface area contributed by atoms with E-state index in [9.17, 15) is 28.1 Å². The van der Waals surface area contributed by atoms with E-state index in [0.29, 0.717) is 31.9 Å². The third kappa shape index (κ3) is 4.40. The molecule has 2 heterocycles. The predicted molar refractivity (Wildman–Crippen MR) is 105 cm³/mol. The minimum Gasteiger partial charge on any atom is -0.368 e. The number of piperazine rings is 1. The summed E-state index contributed by atoms with van der Waals surface area (Å²) in [6.45, 7) is 1.77. The number of amides is 1. The van der Waals surface area contributed by atoms with E-state index in [1.165, 1.54) is 19.2 Å². The molecule has 0 unspecified atom stereocenters. The Balaban J connectivity index is 1.76. The number of halogens is 4. The van der Waals surface area contributed by atoms with Gasteiger partial charge in [-0.2, -0.15) is 13.2 Å². The number of hydrogen-bond acceptors (Lipinski definition) is 6. The molecule has 8 nitrogen and oxygen atoms in total. The van der Waals surface area contributed by atoms with Crippen LogP contribution >= 0.6 is 11.6 Å². The molecule has 3 rings (SSSR count). The van der Waals surface area contributed by atoms with Gasteiger partial charge in [0.25, 0.3) is 11.6 Å². The van der Waals surface area contributed by atoms with Gasteiger partial charge >= 0.3 is 6.18 Å². The molecule has 12 heteroatoms. The van der Waals surface area contributed by atoms with Crippen LogP contribution in [0.25, 0.3) is 0 Å². The quantitative estimate of drug-likeness (QED) is 0.575. The summed E-state index contributed by atoms with van der Waals surface area (Å²) in [4.78, 5) is 30.1. The van der Waals surface area contributed by atoms with Crippen molar-refractivity contribution in [3.63, 3.8) is 0 Å². The molecule has 1 saturated heterocycles. The lowest BCUT2D eigenvalue weighted by atomic mass is 10.1. The third-order valence-electron chi connectivity index (χ3n) is 4.74. The number of anilines is 2. The number of aromatic nitrogens is 1. The van der Waals surface area contributed by atoms with Gasteiger partial charge in [0.2, 0.25) is 0 Å². The van der Waals surface area contributed by atoms with E-state index in [1.807, 2.05) is 4.90 Å². The van der Waals surface area contributed by atoms with E-state index < -0.39 is 22.6 Å². The number of nitro benzene ring substituents is 1. The number of benzene rings is 1. The lowest BCUT2D eigenvalue weighted by Crippen LogP contribution is -2.47. The van der Waals surface area contributed by atoms with Crippen LogP contribution in [0.15, 0.2) is 30.5 Å². The number of nitrogens with zero attached hydrogens (tertiary/aromatic N) is 4. The number of hydrogen-bond donors (Lipinski definition) is 1. The molecule has 0 spiro atoms. The summed E-state index contributed by atoms with van der Waals surface area (Å²) in [7, 11) is 1.39. The molecule has 30 heavy (non-hydrogen) atoms. The average Bonchev–Trinajstić information content (AvgIpc) is 2.72. The third-order valence-corrected chi connectivity index (χ3v) is 5.02. The van der Waals surface area contributed by atoms with Crippen molar-refractivity contribution in [1.29, 1.82) is 0 Å². The van der Waals surface area contributed by atoms with Gasteiger partial charge in [0.15, 0.2) is 0 Å². The Hall–Kier alpha value is -3.08. The fourth-order valence-corrected chi connectivity index (χ4v) is 3.48. The first-order valence-electron chi connectivity index (χ1n) is 8.85. The van der Waals surface area contributed by atoms with Gasteiger partial charge < -0.3 is 15.1 Å². The first kappa shape index (κ1) is 21.6. The van der Waals surface area contributed by atoms with Crippen LogP contribution in [-0.4, -0.2) is 49.0 Å². The maximum Gasteiger partial charge on any atom is 0.417 e. The molecule has 0 saturated carbocycles. The van der Waals surface area contributed by atoms with Crippen molar-refractivity contribution in [1.82, 2.24) is 10.3 Å². The van der Waals surface area contributed by atoms with Crippen LogP contribution in [0.1, 0.15) is 15.9 Å². The van der Waals surface area contributed by atoms with Crippen molar-refractivity contribution in [2.75, 3.05) is 43.0 Å². The Morgan fingerprint density at radius 2 is 1.83 bits per heavy atom. The molecule has 1 amide bonds. The maximum atomic E-state index is 12.8. The van der Waals surface area contributed by atoms with Crippen LogP contribution < -0.4 is 15.1 Å². The zero-order chi connectivity index (χ0) is 22.1. The van der Waals surface area contributed by atoms with Crippen molar-refractivity contribution >= 4 is 34.7 Å². The summed E-state index contributed by atoms with van der Waals surface area (Å²) in [6.07, 6.45) is -3.77. The van der Waals surface area contributed by atoms with E-state index in [2.05, 4.69) is 10.3 Å². The predicted octanol–water partition coefficient (Wildman–Crippen LogP) is 3.35. The number of carbonyl (C=O) groups excluding carboxylic acids is 1. The van der Waals surface area contributed by atoms with Gasteiger partial charge in [-0.05, 0) is 18.2 Å². The number of alkyl halides is 3. The molecule has 0 radical (unpaired) electrons. The summed E-state index contributed by atoms with van der Waals surface area (Å²) in [6, 6.07) is 5.14. The highest BCUT2D eigenvalue weighted by molar-refractivity contribution is 6.33. The number of pyridine rings is 1. The van der Waals surface area contributed by atoms with Crippen molar-refractivity contribution < 1.29 is 22.9 Å². The van der Waals surface area contributed by atoms with Gasteiger partial charge in [0.1, 0.15) is 11.4 Å². The van der Waals surface area contributed by atoms with Gasteiger partial charge in [-0.25, -0.2) is 4.98 Å². The van der Waals surface area contributed by atoms with Gasteiger partial charge in [-0.1, -0.05) is 11.6 Å². The molecule has 1 N–H and O–H groups in total. The Morgan fingerprint density at radius 1 is 1.20 bits per heavy atom. The summed E-state index contributed by atoms with van der Waals surface area (Å²) in [5.41, 5.74) is -0.625. The van der Waals surface area contributed by atoms with Crippen molar-refractivity contribution in [3.8, 4) is 0 Å². The Bertz CT molecular complexity index is 978. The molecule has 1 fully saturated rings. The molecule has 1 aliphatic heterocycles. The SMILES string of the molecule is CNC(=O)c1cc(N2CCN(c3ncc(C(F)(F)F)cc3Cl)CC2)ccc1[N+](=O)[O-].